The fourth-order valence-electron chi connectivity index (χ4n) is 4.91. The van der Waals surface area contributed by atoms with Gasteiger partial charge < -0.3 is 4.74 Å². The van der Waals surface area contributed by atoms with E-state index in [-0.39, 0.29) is 17.1 Å². The Bertz CT molecular complexity index is 1080. The van der Waals surface area contributed by atoms with Crippen LogP contribution in [0.15, 0.2) is 47.4 Å². The number of piperazine rings is 1. The van der Waals surface area contributed by atoms with E-state index in [0.29, 0.717) is 29.9 Å². The summed E-state index contributed by atoms with van der Waals surface area (Å²) in [7, 11) is -2.33. The van der Waals surface area contributed by atoms with Crippen LogP contribution in [-0.4, -0.2) is 74.1 Å². The van der Waals surface area contributed by atoms with Crippen LogP contribution in [0, 0.1) is 0 Å². The van der Waals surface area contributed by atoms with Crippen LogP contribution in [0.3, 0.4) is 0 Å². The minimum Gasteiger partial charge on any atom is -0.495 e. The summed E-state index contributed by atoms with van der Waals surface area (Å²) in [5, 5.41) is 1.09. The van der Waals surface area contributed by atoms with Gasteiger partial charge >= 0.3 is 0 Å². The summed E-state index contributed by atoms with van der Waals surface area (Å²) in [5.74, 6) is 0.311. The summed E-state index contributed by atoms with van der Waals surface area (Å²) in [6.07, 6.45) is 1.36. The van der Waals surface area contributed by atoms with Crippen LogP contribution >= 0.6 is 23.2 Å². The first-order valence-electron chi connectivity index (χ1n) is 11.3. The molecular weight excluding hydrogens is 481 g/mol. The highest BCUT2D eigenvalue weighted by Gasteiger charge is 2.45. The molecule has 2 saturated heterocycles. The van der Waals surface area contributed by atoms with Gasteiger partial charge in [-0.05, 0) is 62.6 Å². The Labute approximate surface area is 207 Å². The summed E-state index contributed by atoms with van der Waals surface area (Å²) in [5.41, 5.74) is 1.20. The maximum Gasteiger partial charge on any atom is 0.248 e. The van der Waals surface area contributed by atoms with E-state index < -0.39 is 10.0 Å². The fraction of sp³-hybridized carbons (Fsp3) is 0.500. The van der Waals surface area contributed by atoms with Crippen molar-refractivity contribution >= 4 is 33.2 Å². The van der Waals surface area contributed by atoms with Crippen molar-refractivity contribution in [1.82, 2.24) is 14.1 Å². The Morgan fingerprint density at radius 1 is 1.03 bits per heavy atom. The highest BCUT2D eigenvalue weighted by Crippen LogP contribution is 2.35. The highest BCUT2D eigenvalue weighted by atomic mass is 35.5. The van der Waals surface area contributed by atoms with Gasteiger partial charge in [-0.1, -0.05) is 35.3 Å². The summed E-state index contributed by atoms with van der Waals surface area (Å²) in [6.45, 7) is 7.22. The van der Waals surface area contributed by atoms with Crippen molar-refractivity contribution < 1.29 is 13.2 Å². The zero-order valence-electron chi connectivity index (χ0n) is 19.2. The second-order valence-electron chi connectivity index (χ2n) is 9.02. The second kappa shape index (κ2) is 10.1. The van der Waals surface area contributed by atoms with Crippen LogP contribution in [0.2, 0.25) is 10.0 Å². The number of rotatable bonds is 6. The van der Waals surface area contributed by atoms with Crippen molar-refractivity contribution in [3.8, 4) is 5.75 Å². The number of benzene rings is 2. The van der Waals surface area contributed by atoms with Gasteiger partial charge in [0.15, 0.2) is 0 Å². The molecule has 0 saturated carbocycles. The Balaban J connectivity index is 1.69. The number of methoxy groups -OCH3 is 1. The molecule has 2 aliphatic rings. The van der Waals surface area contributed by atoms with Crippen LogP contribution in [-0.2, 0) is 16.4 Å². The normalized spacial score (nSPS) is 23.0. The van der Waals surface area contributed by atoms with Crippen LogP contribution in [0.1, 0.15) is 25.8 Å². The van der Waals surface area contributed by atoms with Gasteiger partial charge in [0.25, 0.3) is 0 Å². The van der Waals surface area contributed by atoms with Crippen LogP contribution in [0.4, 0.5) is 0 Å². The molecule has 2 aliphatic heterocycles. The maximum absolute atomic E-state index is 13.9. The average molecular weight is 513 g/mol. The molecule has 6 nitrogen and oxygen atoms in total. The van der Waals surface area contributed by atoms with Gasteiger partial charge in [0.1, 0.15) is 10.6 Å². The molecular formula is C24H31Cl2N3O3S. The molecule has 2 fully saturated rings. The third kappa shape index (κ3) is 5.19. The zero-order chi connectivity index (χ0) is 23.8. The third-order valence-electron chi connectivity index (χ3n) is 6.65. The van der Waals surface area contributed by atoms with Crippen molar-refractivity contribution in [2.45, 2.75) is 49.8 Å². The first-order valence-corrected chi connectivity index (χ1v) is 13.5. The van der Waals surface area contributed by atoms with Gasteiger partial charge in [0, 0.05) is 48.3 Å². The van der Waals surface area contributed by atoms with Crippen molar-refractivity contribution in [3.63, 3.8) is 0 Å². The number of hydrogen-bond acceptors (Lipinski definition) is 5. The van der Waals surface area contributed by atoms with Crippen LogP contribution < -0.4 is 4.74 Å². The quantitative estimate of drug-likeness (QED) is 0.576. The van der Waals surface area contributed by atoms with Gasteiger partial charge in [-0.15, -0.1) is 0 Å². The van der Waals surface area contributed by atoms with Crippen LogP contribution in [0.25, 0.3) is 0 Å². The minimum atomic E-state index is -3.81. The number of nitrogens with zero attached hydrogens (tertiary/aromatic N) is 3. The molecule has 0 amide bonds. The summed E-state index contributed by atoms with van der Waals surface area (Å²) >= 11 is 12.3. The van der Waals surface area contributed by atoms with Gasteiger partial charge in [0.2, 0.25) is 10.0 Å². The standard InChI is InChI=1S/C24H31Cl2N3O3S/c1-17(2)27-15-21(13-18-5-7-19(25)8-6-18)28-11-4-12-29(24(28)16-27)33(30,31)23-14-20(26)9-10-22(23)32-3/h5-10,14,17,21,24H,4,11-13,15-16H2,1-3H3. The van der Waals surface area contributed by atoms with Gasteiger partial charge in [-0.2, -0.15) is 4.31 Å². The molecule has 0 N–H and O–H groups in total. The molecule has 2 atom stereocenters. The number of hydrogen-bond donors (Lipinski definition) is 0. The largest absolute Gasteiger partial charge is 0.495 e. The number of fused-ring (bicyclic) bond motifs is 1. The number of halogens is 2. The first-order chi connectivity index (χ1) is 15.7. The lowest BCUT2D eigenvalue weighted by Crippen LogP contribution is -2.68. The molecule has 0 aromatic heterocycles. The lowest BCUT2D eigenvalue weighted by molar-refractivity contribution is -0.0563. The predicted octanol–water partition coefficient (Wildman–Crippen LogP) is 4.36. The minimum absolute atomic E-state index is 0.121. The molecule has 0 aliphatic carbocycles. The SMILES string of the molecule is COc1ccc(Cl)cc1S(=O)(=O)N1CCCN2C(Cc3ccc(Cl)cc3)CN(C(C)C)CC21. The molecule has 2 aromatic carbocycles. The highest BCUT2D eigenvalue weighted by molar-refractivity contribution is 7.89. The molecule has 0 spiro atoms. The summed E-state index contributed by atoms with van der Waals surface area (Å²) in [6, 6.07) is 13.2. The average Bonchev–Trinajstić information content (AvgIpc) is 2.80. The molecule has 180 valence electrons. The van der Waals surface area contributed by atoms with E-state index in [4.69, 9.17) is 27.9 Å². The van der Waals surface area contributed by atoms with Crippen molar-refractivity contribution in [2.75, 3.05) is 33.3 Å². The topological polar surface area (TPSA) is 53.1 Å². The van der Waals surface area contributed by atoms with E-state index in [0.717, 1.165) is 31.0 Å². The van der Waals surface area contributed by atoms with E-state index in [1.54, 1.807) is 16.4 Å². The molecule has 2 aromatic rings. The van der Waals surface area contributed by atoms with Crippen molar-refractivity contribution in [3.05, 3.63) is 58.1 Å². The van der Waals surface area contributed by atoms with Gasteiger partial charge in [-0.3, -0.25) is 9.80 Å². The molecule has 2 unspecified atom stereocenters. The van der Waals surface area contributed by atoms with E-state index in [9.17, 15) is 8.42 Å². The smallest absolute Gasteiger partial charge is 0.248 e. The van der Waals surface area contributed by atoms with E-state index in [2.05, 4.69) is 35.8 Å². The summed E-state index contributed by atoms with van der Waals surface area (Å²) < 4.78 is 34.8. The lowest BCUT2D eigenvalue weighted by atomic mass is 9.98. The molecule has 9 heteroatoms. The van der Waals surface area contributed by atoms with E-state index in [1.165, 1.54) is 18.7 Å². The number of sulfonamides is 1. The maximum atomic E-state index is 13.9. The lowest BCUT2D eigenvalue weighted by Gasteiger charge is -2.53. The third-order valence-corrected chi connectivity index (χ3v) is 9.05. The molecule has 0 bridgehead atoms. The Morgan fingerprint density at radius 3 is 2.39 bits per heavy atom. The van der Waals surface area contributed by atoms with Gasteiger partial charge in [0.05, 0.1) is 13.3 Å². The molecule has 0 radical (unpaired) electrons. The first kappa shape index (κ1) is 24.8. The van der Waals surface area contributed by atoms with Crippen molar-refractivity contribution in [1.29, 1.82) is 0 Å². The molecule has 4 rings (SSSR count). The van der Waals surface area contributed by atoms with E-state index >= 15 is 0 Å². The Kier molecular flexibility index (Phi) is 7.58. The van der Waals surface area contributed by atoms with Crippen LogP contribution in [0.5, 0.6) is 5.75 Å². The van der Waals surface area contributed by atoms with E-state index in [1.807, 2.05) is 12.1 Å². The Hall–Kier alpha value is -1.35. The number of ether oxygens (including phenoxy) is 1. The Morgan fingerprint density at radius 2 is 1.73 bits per heavy atom. The monoisotopic (exact) mass is 511 g/mol. The van der Waals surface area contributed by atoms with Gasteiger partial charge in [-0.25, -0.2) is 8.42 Å². The predicted molar refractivity (Wildman–Crippen MR) is 133 cm³/mol. The zero-order valence-corrected chi connectivity index (χ0v) is 21.6. The second-order valence-corrected chi connectivity index (χ2v) is 11.7. The molecule has 2 heterocycles. The fourth-order valence-corrected chi connectivity index (χ4v) is 7.08. The molecule has 33 heavy (non-hydrogen) atoms. The van der Waals surface area contributed by atoms with Crippen molar-refractivity contribution in [2.24, 2.45) is 0 Å². The summed E-state index contributed by atoms with van der Waals surface area (Å²) in [4.78, 5) is 4.87.